The van der Waals surface area contributed by atoms with Crippen LogP contribution in [-0.2, 0) is 19.2 Å². The van der Waals surface area contributed by atoms with E-state index >= 15 is 0 Å². The Hall–Kier alpha value is -1.96. The Kier molecular flexibility index (Phi) is 24.9. The number of hydrogen-bond acceptors (Lipinski definition) is 8. The van der Waals surface area contributed by atoms with E-state index in [1.54, 1.807) is 57.8 Å². The van der Waals surface area contributed by atoms with Crippen molar-refractivity contribution in [2.75, 3.05) is 0 Å². The summed E-state index contributed by atoms with van der Waals surface area (Å²) in [4.78, 5) is 37.3. The maximum Gasteiger partial charge on any atom is 0.306 e. The second-order valence-corrected chi connectivity index (χ2v) is 18.0. The molecular formula is C43H82N4O8. The summed E-state index contributed by atoms with van der Waals surface area (Å²) in [6.45, 7) is 4.00. The van der Waals surface area contributed by atoms with E-state index in [1.807, 2.05) is 13.6 Å². The molecule has 8 saturated carbocycles. The lowest BCUT2D eigenvalue weighted by atomic mass is 9.56. The summed E-state index contributed by atoms with van der Waals surface area (Å²) in [5.41, 5.74) is 23.4. The third-order valence-electron chi connectivity index (χ3n) is 15.0. The lowest BCUT2D eigenvalue weighted by Gasteiger charge is -2.49. The zero-order valence-electron chi connectivity index (χ0n) is 34.0. The van der Waals surface area contributed by atoms with Gasteiger partial charge in [0, 0.05) is 24.2 Å². The number of fused-ring (bicyclic) bond motifs is 2. The predicted molar refractivity (Wildman–Crippen MR) is 219 cm³/mol. The normalized spacial score (nSPS) is 39.6. The molecule has 0 aliphatic heterocycles. The quantitative estimate of drug-likeness (QED) is 0.207. The van der Waals surface area contributed by atoms with Crippen LogP contribution >= 0.6 is 0 Å². The molecule has 12 nitrogen and oxygen atoms in total. The zero-order chi connectivity index (χ0) is 38.9. The van der Waals surface area contributed by atoms with E-state index in [1.165, 1.54) is 76.5 Å². The largest absolute Gasteiger partial charge is 0.481 e. The molecule has 0 heterocycles. The molecule has 8 fully saturated rings. The number of hydrogen-bond donors (Lipinski definition) is 6. The van der Waals surface area contributed by atoms with Crippen molar-refractivity contribution < 1.29 is 40.3 Å². The Morgan fingerprint density at radius 2 is 0.709 bits per heavy atom. The van der Waals surface area contributed by atoms with Gasteiger partial charge < -0.3 is 53.7 Å². The molecular weight excluding hydrogens is 700 g/mol. The molecule has 0 aromatic heterocycles. The highest BCUT2D eigenvalue weighted by molar-refractivity contribution is 5.70. The fraction of sp³-hybridized carbons (Fsp3) is 0.907. The molecule has 8 aliphatic carbocycles. The van der Waals surface area contributed by atoms with Crippen LogP contribution < -0.4 is 22.9 Å². The highest BCUT2D eigenvalue weighted by atomic mass is 16.4. The number of carboxylic acid groups (broad SMARTS) is 2. The van der Waals surface area contributed by atoms with Crippen LogP contribution in [0.1, 0.15) is 161 Å². The summed E-state index contributed by atoms with van der Waals surface area (Å²) in [7, 11) is 0. The summed E-state index contributed by atoms with van der Waals surface area (Å²) in [6.07, 6.45) is 32.3. The minimum Gasteiger partial charge on any atom is -0.481 e. The Balaban J connectivity index is 0.000000352. The molecule has 0 amide bonds. The van der Waals surface area contributed by atoms with E-state index in [0.717, 1.165) is 54.8 Å². The molecule has 0 saturated heterocycles. The van der Waals surface area contributed by atoms with Gasteiger partial charge in [0.15, 0.2) is 0 Å². The van der Waals surface area contributed by atoms with Crippen molar-refractivity contribution in [1.29, 1.82) is 0 Å². The molecule has 8 unspecified atom stereocenters. The van der Waals surface area contributed by atoms with Gasteiger partial charge in [0.25, 0.3) is 0 Å². The van der Waals surface area contributed by atoms with Gasteiger partial charge in [-0.3, -0.25) is 9.59 Å². The number of carbonyl (C=O) groups is 4. The first kappa shape index (κ1) is 51.1. The molecule has 0 radical (unpaired) electrons. The van der Waals surface area contributed by atoms with E-state index in [0.29, 0.717) is 30.8 Å². The smallest absolute Gasteiger partial charge is 0.306 e. The summed E-state index contributed by atoms with van der Waals surface area (Å²) in [6, 6.07) is 0.661. The Bertz CT molecular complexity index is 1010. The van der Waals surface area contributed by atoms with E-state index in [9.17, 15) is 9.59 Å². The van der Waals surface area contributed by atoms with Crippen molar-refractivity contribution in [1.82, 2.24) is 0 Å². The highest BCUT2D eigenvalue weighted by Gasteiger charge is 2.42. The maximum absolute atomic E-state index is 10.8. The average molecular weight is 783 g/mol. The van der Waals surface area contributed by atoms with E-state index < -0.39 is 11.9 Å². The van der Waals surface area contributed by atoms with Crippen LogP contribution in [0.5, 0.6) is 0 Å². The fourth-order valence-corrected chi connectivity index (χ4v) is 12.4. The van der Waals surface area contributed by atoms with Gasteiger partial charge in [-0.25, -0.2) is 0 Å². The lowest BCUT2D eigenvalue weighted by molar-refractivity contribution is -0.144. The van der Waals surface area contributed by atoms with Crippen LogP contribution in [0.15, 0.2) is 0 Å². The third-order valence-corrected chi connectivity index (χ3v) is 15.0. The van der Waals surface area contributed by atoms with Crippen LogP contribution in [0, 0.1) is 59.2 Å². The van der Waals surface area contributed by atoms with Gasteiger partial charge >= 0.3 is 11.9 Å². The van der Waals surface area contributed by atoms with Crippen molar-refractivity contribution in [2.45, 2.75) is 185 Å². The molecule has 55 heavy (non-hydrogen) atoms. The Morgan fingerprint density at radius 3 is 1.11 bits per heavy atom. The predicted octanol–water partition coefficient (Wildman–Crippen LogP) is 5.43. The van der Waals surface area contributed by atoms with Gasteiger partial charge in [0.2, 0.25) is 0 Å². The van der Waals surface area contributed by atoms with E-state index in [2.05, 4.69) is 0 Å². The van der Waals surface area contributed by atoms with Gasteiger partial charge in [-0.2, -0.15) is 0 Å². The zero-order valence-corrected chi connectivity index (χ0v) is 34.0. The SMILES string of the molecule is C1CC2CCCC3CCCC(C1)C23.C=O.C=O.NC1CCC(C(=O)O)CC1N.NC1CCCC2CCCC(N)C12.O.O.O=C(O)C1CCC2CCCCC2C1. The van der Waals surface area contributed by atoms with E-state index in [-0.39, 0.29) is 34.9 Å². The van der Waals surface area contributed by atoms with Gasteiger partial charge in [-0.1, -0.05) is 109 Å². The van der Waals surface area contributed by atoms with Crippen LogP contribution in [0.25, 0.3) is 0 Å². The van der Waals surface area contributed by atoms with Crippen molar-refractivity contribution in [2.24, 2.45) is 82.1 Å². The molecule has 14 N–H and O–H groups in total. The molecule has 8 atom stereocenters. The van der Waals surface area contributed by atoms with Crippen molar-refractivity contribution in [3.8, 4) is 0 Å². The second-order valence-electron chi connectivity index (χ2n) is 18.0. The summed E-state index contributed by atoms with van der Waals surface area (Å²) in [5, 5.41) is 17.6. The summed E-state index contributed by atoms with van der Waals surface area (Å²) >= 11 is 0. The Labute approximate surface area is 332 Å². The topological polar surface area (TPSA) is 276 Å². The van der Waals surface area contributed by atoms with Crippen LogP contribution in [-0.4, -0.2) is 70.8 Å². The van der Waals surface area contributed by atoms with Gasteiger partial charge in [0.05, 0.1) is 11.8 Å². The van der Waals surface area contributed by atoms with Crippen LogP contribution in [0.4, 0.5) is 0 Å². The van der Waals surface area contributed by atoms with Crippen molar-refractivity contribution in [3.63, 3.8) is 0 Å². The lowest BCUT2D eigenvalue weighted by Crippen LogP contribution is -2.50. The minimum atomic E-state index is -0.743. The summed E-state index contributed by atoms with van der Waals surface area (Å²) in [5.74, 6) is 6.18. The molecule has 0 aromatic carbocycles. The third kappa shape index (κ3) is 15.1. The monoisotopic (exact) mass is 783 g/mol. The molecule has 12 heteroatoms. The minimum absolute atomic E-state index is 0. The van der Waals surface area contributed by atoms with Crippen molar-refractivity contribution >= 4 is 25.5 Å². The second kappa shape index (κ2) is 26.9. The average Bonchev–Trinajstić information content (AvgIpc) is 3.18. The first-order chi connectivity index (χ1) is 25.6. The Morgan fingerprint density at radius 1 is 0.364 bits per heavy atom. The number of carbonyl (C=O) groups excluding carboxylic acids is 2. The van der Waals surface area contributed by atoms with E-state index in [4.69, 9.17) is 42.7 Å². The molecule has 0 aromatic rings. The van der Waals surface area contributed by atoms with Gasteiger partial charge in [-0.15, -0.1) is 0 Å². The van der Waals surface area contributed by atoms with Gasteiger partial charge in [-0.05, 0) is 98.7 Å². The van der Waals surface area contributed by atoms with Gasteiger partial charge in [0.1, 0.15) is 13.6 Å². The number of nitrogens with two attached hydrogens (primary N) is 4. The number of rotatable bonds is 2. The molecule has 8 rings (SSSR count). The van der Waals surface area contributed by atoms with Crippen LogP contribution in [0.3, 0.4) is 0 Å². The molecule has 0 spiro atoms. The first-order valence-corrected chi connectivity index (χ1v) is 21.7. The highest BCUT2D eigenvalue weighted by Crippen LogP contribution is 2.52. The van der Waals surface area contributed by atoms with Crippen molar-refractivity contribution in [3.05, 3.63) is 0 Å². The standard InChI is InChI=1S/C13H22.C11H18O2.C10H20N2.C7H14N2O2.2CH2O.2H2O/c1-4-10-6-2-8-12-9-3-7-11(5-1)13(10)12;12-11(13)10-6-5-8-3-1-2-4-9(8)7-10;11-8-5-1-3-7-4-2-6-9(12)10(7)8;8-5-2-1-4(7(10)11)3-6(5)9;2*1-2;;/h10-13H,1-9H2;8-10H,1-7H2,(H,12,13);7-10H,1-6,11-12H2;4-6H,1-3,8-9H2,(H,10,11);2*1H2;2*1H2. The number of aliphatic carboxylic acids is 2. The molecule has 0 bridgehead atoms. The summed E-state index contributed by atoms with van der Waals surface area (Å²) < 4.78 is 0. The fourth-order valence-electron chi connectivity index (χ4n) is 12.4. The first-order valence-electron chi connectivity index (χ1n) is 21.7. The van der Waals surface area contributed by atoms with Crippen LogP contribution in [0.2, 0.25) is 0 Å². The molecule has 8 aliphatic rings. The molecule has 322 valence electrons. The maximum atomic E-state index is 10.8. The number of carboxylic acids is 2.